The van der Waals surface area contributed by atoms with E-state index in [2.05, 4.69) is 10.6 Å². The van der Waals surface area contributed by atoms with E-state index in [1.165, 1.54) is 18.6 Å². The zero-order valence-electron chi connectivity index (χ0n) is 14.5. The SMILES string of the molecule is CCCCNC(=O)c1cc(S(N)(=O)=O)c(Cl)cc1NC1CCCCC1. The van der Waals surface area contributed by atoms with Crippen LogP contribution in [0.3, 0.4) is 0 Å². The summed E-state index contributed by atoms with van der Waals surface area (Å²) in [5.74, 6) is -0.326. The summed E-state index contributed by atoms with van der Waals surface area (Å²) in [5.41, 5.74) is 0.813. The van der Waals surface area contributed by atoms with E-state index in [0.29, 0.717) is 12.2 Å². The normalized spacial score (nSPS) is 15.8. The highest BCUT2D eigenvalue weighted by Gasteiger charge is 2.22. The second kappa shape index (κ2) is 8.87. The van der Waals surface area contributed by atoms with Gasteiger partial charge in [-0.15, -0.1) is 0 Å². The Morgan fingerprint density at radius 1 is 1.28 bits per heavy atom. The van der Waals surface area contributed by atoms with Crippen molar-refractivity contribution in [2.75, 3.05) is 11.9 Å². The molecule has 1 aromatic carbocycles. The number of nitrogens with one attached hydrogen (secondary N) is 2. The minimum absolute atomic E-state index is 0.0194. The molecule has 1 saturated carbocycles. The Bertz CT molecular complexity index is 716. The van der Waals surface area contributed by atoms with Gasteiger partial charge in [-0.25, -0.2) is 13.6 Å². The number of carbonyl (C=O) groups is 1. The molecule has 140 valence electrons. The minimum atomic E-state index is -4.00. The average molecular weight is 388 g/mol. The fraction of sp³-hybridized carbons (Fsp3) is 0.588. The van der Waals surface area contributed by atoms with Crippen LogP contribution in [0.1, 0.15) is 62.2 Å². The molecule has 2 rings (SSSR count). The molecule has 0 spiro atoms. The van der Waals surface area contributed by atoms with Gasteiger partial charge in [-0.05, 0) is 31.4 Å². The van der Waals surface area contributed by atoms with Crippen LogP contribution in [0.2, 0.25) is 5.02 Å². The van der Waals surface area contributed by atoms with Crippen LogP contribution in [-0.4, -0.2) is 26.9 Å². The molecule has 1 fully saturated rings. The van der Waals surface area contributed by atoms with Crippen LogP contribution in [0.25, 0.3) is 0 Å². The van der Waals surface area contributed by atoms with Crippen LogP contribution in [0.15, 0.2) is 17.0 Å². The van der Waals surface area contributed by atoms with Crippen molar-refractivity contribution in [3.8, 4) is 0 Å². The quantitative estimate of drug-likeness (QED) is 0.625. The van der Waals surface area contributed by atoms with E-state index in [4.69, 9.17) is 16.7 Å². The molecule has 6 nitrogen and oxygen atoms in total. The Morgan fingerprint density at radius 2 is 1.96 bits per heavy atom. The molecule has 25 heavy (non-hydrogen) atoms. The first-order valence-electron chi connectivity index (χ1n) is 8.74. The van der Waals surface area contributed by atoms with E-state index in [0.717, 1.165) is 38.5 Å². The zero-order chi connectivity index (χ0) is 18.4. The fourth-order valence-corrected chi connectivity index (χ4v) is 4.12. The number of carbonyl (C=O) groups excluding carboxylic acids is 1. The predicted molar refractivity (Wildman–Crippen MR) is 101 cm³/mol. The first kappa shape index (κ1) is 20.0. The van der Waals surface area contributed by atoms with Crippen molar-refractivity contribution in [2.45, 2.75) is 62.8 Å². The molecule has 1 aliphatic rings. The minimum Gasteiger partial charge on any atom is -0.382 e. The van der Waals surface area contributed by atoms with Crippen molar-refractivity contribution in [1.29, 1.82) is 0 Å². The Balaban J connectivity index is 2.34. The van der Waals surface area contributed by atoms with Crippen molar-refractivity contribution >= 4 is 33.2 Å². The standard InChI is InChI=1S/C17H26ClN3O3S/c1-2-3-9-20-17(22)13-10-16(25(19,23)24)14(18)11-15(13)21-12-7-5-4-6-8-12/h10-12,21H,2-9H2,1H3,(H,20,22)(H2,19,23,24). The summed E-state index contributed by atoms with van der Waals surface area (Å²) in [7, 11) is -4.00. The zero-order valence-corrected chi connectivity index (χ0v) is 16.0. The van der Waals surface area contributed by atoms with Gasteiger partial charge in [0.15, 0.2) is 0 Å². The molecule has 0 aromatic heterocycles. The van der Waals surface area contributed by atoms with Gasteiger partial charge in [-0.1, -0.05) is 44.2 Å². The maximum Gasteiger partial charge on any atom is 0.253 e. The Kier molecular flexibility index (Phi) is 7.10. The maximum atomic E-state index is 12.5. The molecule has 0 aliphatic heterocycles. The number of halogens is 1. The Hall–Kier alpha value is -1.31. The predicted octanol–water partition coefficient (Wildman–Crippen LogP) is 3.26. The smallest absolute Gasteiger partial charge is 0.253 e. The molecule has 0 atom stereocenters. The number of unbranched alkanes of at least 4 members (excludes halogenated alkanes) is 1. The topological polar surface area (TPSA) is 101 Å². The first-order chi connectivity index (χ1) is 11.8. The van der Waals surface area contributed by atoms with Gasteiger partial charge in [0, 0.05) is 18.3 Å². The second-order valence-corrected chi connectivity index (χ2v) is 8.40. The fourth-order valence-electron chi connectivity index (χ4n) is 3.02. The molecule has 0 heterocycles. The number of hydrogen-bond donors (Lipinski definition) is 3. The van der Waals surface area contributed by atoms with Crippen LogP contribution in [0.5, 0.6) is 0 Å². The number of benzene rings is 1. The maximum absolute atomic E-state index is 12.5. The molecule has 1 aromatic rings. The van der Waals surface area contributed by atoms with Gasteiger partial charge >= 0.3 is 0 Å². The molecule has 1 aliphatic carbocycles. The van der Waals surface area contributed by atoms with Crippen LogP contribution in [0.4, 0.5) is 5.69 Å². The van der Waals surface area contributed by atoms with Crippen molar-refractivity contribution in [1.82, 2.24) is 5.32 Å². The lowest BCUT2D eigenvalue weighted by Crippen LogP contribution is -2.28. The van der Waals surface area contributed by atoms with E-state index >= 15 is 0 Å². The van der Waals surface area contributed by atoms with Crippen LogP contribution in [-0.2, 0) is 10.0 Å². The highest BCUT2D eigenvalue weighted by Crippen LogP contribution is 2.30. The number of nitrogens with two attached hydrogens (primary N) is 1. The van der Waals surface area contributed by atoms with Crippen molar-refractivity contribution in [3.63, 3.8) is 0 Å². The Labute approximate surface area is 154 Å². The molecule has 0 bridgehead atoms. The van der Waals surface area contributed by atoms with Gasteiger partial charge in [0.25, 0.3) is 5.91 Å². The van der Waals surface area contributed by atoms with Gasteiger partial charge in [-0.2, -0.15) is 0 Å². The van der Waals surface area contributed by atoms with Gasteiger partial charge in [-0.3, -0.25) is 4.79 Å². The van der Waals surface area contributed by atoms with Crippen LogP contribution >= 0.6 is 11.6 Å². The summed E-state index contributed by atoms with van der Waals surface area (Å²) >= 11 is 6.10. The molecule has 1 amide bonds. The highest BCUT2D eigenvalue weighted by molar-refractivity contribution is 7.89. The van der Waals surface area contributed by atoms with Crippen LogP contribution < -0.4 is 15.8 Å². The molecule has 0 saturated heterocycles. The van der Waals surface area contributed by atoms with Crippen LogP contribution in [0, 0.1) is 0 Å². The van der Waals surface area contributed by atoms with Crippen molar-refractivity contribution in [3.05, 3.63) is 22.7 Å². The third-order valence-electron chi connectivity index (χ3n) is 4.40. The number of sulfonamides is 1. The van der Waals surface area contributed by atoms with Crippen molar-refractivity contribution < 1.29 is 13.2 Å². The number of hydrogen-bond acceptors (Lipinski definition) is 4. The average Bonchev–Trinajstić information content (AvgIpc) is 2.55. The summed E-state index contributed by atoms with van der Waals surface area (Å²) in [4.78, 5) is 12.3. The number of rotatable bonds is 7. The van der Waals surface area contributed by atoms with E-state index in [9.17, 15) is 13.2 Å². The van der Waals surface area contributed by atoms with E-state index in [1.54, 1.807) is 0 Å². The van der Waals surface area contributed by atoms with Gasteiger partial charge < -0.3 is 10.6 Å². The highest BCUT2D eigenvalue weighted by atomic mass is 35.5. The molecule has 0 unspecified atom stereocenters. The molecule has 4 N–H and O–H groups in total. The molecule has 8 heteroatoms. The lowest BCUT2D eigenvalue weighted by Gasteiger charge is -2.25. The molecular weight excluding hydrogens is 362 g/mol. The number of anilines is 1. The molecular formula is C17H26ClN3O3S. The van der Waals surface area contributed by atoms with E-state index in [1.807, 2.05) is 6.92 Å². The van der Waals surface area contributed by atoms with Gasteiger partial charge in [0.1, 0.15) is 4.90 Å². The van der Waals surface area contributed by atoms with Gasteiger partial charge in [0.2, 0.25) is 10.0 Å². The summed E-state index contributed by atoms with van der Waals surface area (Å²) in [6.45, 7) is 2.56. The summed E-state index contributed by atoms with van der Waals surface area (Å²) in [6, 6.07) is 3.02. The monoisotopic (exact) mass is 387 g/mol. The van der Waals surface area contributed by atoms with Crippen molar-refractivity contribution in [2.24, 2.45) is 5.14 Å². The lowest BCUT2D eigenvalue weighted by molar-refractivity contribution is 0.0953. The summed E-state index contributed by atoms with van der Waals surface area (Å²) in [6.07, 6.45) is 7.34. The largest absolute Gasteiger partial charge is 0.382 e. The summed E-state index contributed by atoms with van der Waals surface area (Å²) < 4.78 is 23.5. The third-order valence-corrected chi connectivity index (χ3v) is 5.78. The second-order valence-electron chi connectivity index (χ2n) is 6.46. The third kappa shape index (κ3) is 5.59. The van der Waals surface area contributed by atoms with E-state index in [-0.39, 0.29) is 27.4 Å². The van der Waals surface area contributed by atoms with E-state index < -0.39 is 10.0 Å². The lowest BCUT2D eigenvalue weighted by atomic mass is 9.95. The number of primary sulfonamides is 1. The Morgan fingerprint density at radius 3 is 2.56 bits per heavy atom. The van der Waals surface area contributed by atoms with Gasteiger partial charge in [0.05, 0.1) is 10.6 Å². The molecule has 0 radical (unpaired) electrons. The summed E-state index contributed by atoms with van der Waals surface area (Å²) in [5, 5.41) is 11.4. The first-order valence-corrected chi connectivity index (χ1v) is 10.7. The number of amides is 1.